The number of aliphatic hydroxyl groups is 1. The lowest BCUT2D eigenvalue weighted by Crippen LogP contribution is -2.32. The van der Waals surface area contributed by atoms with Gasteiger partial charge in [0.25, 0.3) is 6.43 Å². The minimum Gasteiger partial charge on any atom is -0.397 e. The lowest BCUT2D eigenvalue weighted by Gasteiger charge is -2.25. The van der Waals surface area contributed by atoms with Gasteiger partial charge >= 0.3 is 0 Å². The van der Waals surface area contributed by atoms with Crippen molar-refractivity contribution >= 4 is 22.1 Å². The number of halogens is 2. The van der Waals surface area contributed by atoms with Crippen molar-refractivity contribution in [3.8, 4) is 0 Å². The summed E-state index contributed by atoms with van der Waals surface area (Å²) < 4.78 is 25.1. The van der Waals surface area contributed by atoms with E-state index in [0.717, 1.165) is 10.8 Å². The monoisotopic (exact) mass is 267 g/mol. The van der Waals surface area contributed by atoms with E-state index in [1.165, 1.54) is 4.90 Å². The highest BCUT2D eigenvalue weighted by atomic mass is 19.3. The number of anilines is 2. The molecule has 6 heteroatoms. The van der Waals surface area contributed by atoms with Crippen molar-refractivity contribution in [1.82, 2.24) is 4.98 Å². The Kier molecular flexibility index (Phi) is 4.11. The molecule has 0 radical (unpaired) electrons. The number of rotatable bonds is 5. The van der Waals surface area contributed by atoms with E-state index in [-0.39, 0.29) is 13.2 Å². The summed E-state index contributed by atoms with van der Waals surface area (Å²) >= 11 is 0. The van der Waals surface area contributed by atoms with Crippen LogP contribution >= 0.6 is 0 Å². The summed E-state index contributed by atoms with van der Waals surface area (Å²) in [5.41, 5.74) is 6.96. The number of aliphatic hydroxyl groups excluding tert-OH is 1. The topological polar surface area (TPSA) is 62.4 Å². The van der Waals surface area contributed by atoms with Crippen LogP contribution in [0, 0.1) is 0 Å². The second-order valence-electron chi connectivity index (χ2n) is 4.16. The molecule has 2 rings (SSSR count). The number of benzene rings is 1. The molecule has 0 saturated heterocycles. The van der Waals surface area contributed by atoms with Gasteiger partial charge in [-0.15, -0.1) is 0 Å². The number of hydrogen-bond acceptors (Lipinski definition) is 4. The van der Waals surface area contributed by atoms with Crippen LogP contribution in [0.5, 0.6) is 0 Å². The Morgan fingerprint density at radius 3 is 2.79 bits per heavy atom. The number of pyridine rings is 1. The zero-order valence-electron chi connectivity index (χ0n) is 10.3. The summed E-state index contributed by atoms with van der Waals surface area (Å²) in [5.74, 6) is 0. The Morgan fingerprint density at radius 1 is 1.32 bits per heavy atom. The van der Waals surface area contributed by atoms with Crippen LogP contribution in [-0.4, -0.2) is 36.2 Å². The molecule has 3 N–H and O–H groups in total. The molecular formula is C13H15F2N3O. The first-order valence-corrected chi connectivity index (χ1v) is 5.89. The van der Waals surface area contributed by atoms with Crippen molar-refractivity contribution in [2.24, 2.45) is 0 Å². The molecule has 1 aromatic heterocycles. The highest BCUT2D eigenvalue weighted by molar-refractivity contribution is 5.98. The predicted octanol–water partition coefficient (Wildman–Crippen LogP) is 1.88. The number of nitrogens with zero attached hydrogens (tertiary/aromatic N) is 2. The quantitative estimate of drug-likeness (QED) is 0.812. The van der Waals surface area contributed by atoms with Crippen molar-refractivity contribution in [2.75, 3.05) is 30.3 Å². The molecule has 0 spiro atoms. The molecule has 1 aromatic carbocycles. The summed E-state index contributed by atoms with van der Waals surface area (Å²) in [7, 11) is 0. The molecular weight excluding hydrogens is 252 g/mol. The van der Waals surface area contributed by atoms with Gasteiger partial charge in [-0.2, -0.15) is 0 Å². The van der Waals surface area contributed by atoms with E-state index in [2.05, 4.69) is 4.98 Å². The molecule has 0 aliphatic rings. The number of nitrogen functional groups attached to an aromatic ring is 1. The smallest absolute Gasteiger partial charge is 0.255 e. The number of alkyl halides is 2. The van der Waals surface area contributed by atoms with Crippen LogP contribution < -0.4 is 10.6 Å². The van der Waals surface area contributed by atoms with Gasteiger partial charge in [0, 0.05) is 29.7 Å². The number of fused-ring (bicyclic) bond motifs is 1. The molecule has 0 bridgehead atoms. The van der Waals surface area contributed by atoms with Gasteiger partial charge in [0.2, 0.25) is 0 Å². The van der Waals surface area contributed by atoms with Gasteiger partial charge in [-0.25, -0.2) is 8.78 Å². The van der Waals surface area contributed by atoms with Crippen LogP contribution in [0.25, 0.3) is 10.8 Å². The first-order valence-electron chi connectivity index (χ1n) is 5.89. The van der Waals surface area contributed by atoms with Crippen molar-refractivity contribution in [3.05, 3.63) is 30.6 Å². The van der Waals surface area contributed by atoms with Crippen LogP contribution in [0.2, 0.25) is 0 Å². The van der Waals surface area contributed by atoms with E-state index in [4.69, 9.17) is 10.8 Å². The first-order chi connectivity index (χ1) is 9.13. The average molecular weight is 267 g/mol. The van der Waals surface area contributed by atoms with Gasteiger partial charge in [-0.05, 0) is 12.1 Å². The number of nitrogens with two attached hydrogens (primary N) is 1. The van der Waals surface area contributed by atoms with Gasteiger partial charge in [-0.3, -0.25) is 4.98 Å². The standard InChI is InChI=1S/C13H15F2N3O/c14-12(15)8-18(5-6-19)11-2-1-9-7-17-4-3-10(9)13(11)16/h1-4,7,12,19H,5-6,8,16H2. The van der Waals surface area contributed by atoms with Gasteiger partial charge < -0.3 is 15.7 Å². The zero-order valence-corrected chi connectivity index (χ0v) is 10.3. The van der Waals surface area contributed by atoms with E-state index < -0.39 is 13.0 Å². The molecule has 0 atom stereocenters. The highest BCUT2D eigenvalue weighted by Crippen LogP contribution is 2.31. The van der Waals surface area contributed by atoms with E-state index >= 15 is 0 Å². The van der Waals surface area contributed by atoms with Gasteiger partial charge in [0.05, 0.1) is 24.5 Å². The minimum atomic E-state index is -2.49. The third-order valence-electron chi connectivity index (χ3n) is 2.91. The van der Waals surface area contributed by atoms with Gasteiger partial charge in [0.15, 0.2) is 0 Å². The van der Waals surface area contributed by atoms with Crippen molar-refractivity contribution in [1.29, 1.82) is 0 Å². The fourth-order valence-electron chi connectivity index (χ4n) is 2.05. The van der Waals surface area contributed by atoms with E-state index in [1.807, 2.05) is 0 Å². The third-order valence-corrected chi connectivity index (χ3v) is 2.91. The summed E-state index contributed by atoms with van der Waals surface area (Å²) in [6.07, 6.45) is 0.782. The third kappa shape index (κ3) is 2.90. The first kappa shape index (κ1) is 13.5. The molecule has 102 valence electrons. The maximum atomic E-state index is 12.6. The molecule has 0 unspecified atom stereocenters. The van der Waals surface area contributed by atoms with E-state index in [9.17, 15) is 8.78 Å². The second kappa shape index (κ2) is 5.79. The van der Waals surface area contributed by atoms with Crippen LogP contribution in [0.15, 0.2) is 30.6 Å². The fraction of sp³-hybridized carbons (Fsp3) is 0.308. The Bertz CT molecular complexity index is 563. The van der Waals surface area contributed by atoms with Crippen molar-refractivity contribution in [3.63, 3.8) is 0 Å². The molecule has 1 heterocycles. The molecule has 2 aromatic rings. The Balaban J connectivity index is 2.44. The molecule has 0 aliphatic carbocycles. The molecule has 19 heavy (non-hydrogen) atoms. The maximum absolute atomic E-state index is 12.6. The minimum absolute atomic E-state index is 0.116. The van der Waals surface area contributed by atoms with Crippen molar-refractivity contribution in [2.45, 2.75) is 6.43 Å². The van der Waals surface area contributed by atoms with E-state index in [0.29, 0.717) is 11.4 Å². The maximum Gasteiger partial charge on any atom is 0.255 e. The molecule has 0 fully saturated rings. The predicted molar refractivity (Wildman–Crippen MR) is 71.5 cm³/mol. The summed E-state index contributed by atoms with van der Waals surface area (Å²) in [5, 5.41) is 10.6. The Hall–Kier alpha value is -1.95. The number of aromatic nitrogens is 1. The summed E-state index contributed by atoms with van der Waals surface area (Å²) in [4.78, 5) is 5.37. The molecule has 0 saturated carbocycles. The summed E-state index contributed by atoms with van der Waals surface area (Å²) in [6, 6.07) is 5.20. The van der Waals surface area contributed by atoms with Crippen molar-refractivity contribution < 1.29 is 13.9 Å². The zero-order chi connectivity index (χ0) is 13.8. The van der Waals surface area contributed by atoms with Gasteiger partial charge in [-0.1, -0.05) is 6.07 Å². The Morgan fingerprint density at radius 2 is 2.11 bits per heavy atom. The van der Waals surface area contributed by atoms with Crippen LogP contribution in [0.3, 0.4) is 0 Å². The van der Waals surface area contributed by atoms with Crippen LogP contribution in [-0.2, 0) is 0 Å². The van der Waals surface area contributed by atoms with Crippen LogP contribution in [0.4, 0.5) is 20.2 Å². The number of hydrogen-bond donors (Lipinski definition) is 2. The fourth-order valence-corrected chi connectivity index (χ4v) is 2.05. The Labute approximate surface area is 109 Å². The van der Waals surface area contributed by atoms with E-state index in [1.54, 1.807) is 30.6 Å². The van der Waals surface area contributed by atoms with Gasteiger partial charge in [0.1, 0.15) is 0 Å². The van der Waals surface area contributed by atoms with Crippen LogP contribution in [0.1, 0.15) is 0 Å². The lowest BCUT2D eigenvalue weighted by atomic mass is 10.1. The molecule has 0 aliphatic heterocycles. The largest absolute Gasteiger partial charge is 0.397 e. The SMILES string of the molecule is Nc1c(N(CCO)CC(F)F)ccc2cnccc12. The second-order valence-corrected chi connectivity index (χ2v) is 4.16. The lowest BCUT2D eigenvalue weighted by molar-refractivity contribution is 0.153. The molecule has 4 nitrogen and oxygen atoms in total. The normalized spacial score (nSPS) is 11.2. The summed E-state index contributed by atoms with van der Waals surface area (Å²) in [6.45, 7) is -0.549. The highest BCUT2D eigenvalue weighted by Gasteiger charge is 2.16. The average Bonchev–Trinajstić information content (AvgIpc) is 2.38. The molecule has 0 amide bonds.